The second kappa shape index (κ2) is 8.41. The molecule has 1 aliphatic rings. The maximum absolute atomic E-state index is 6.36. The average molecular weight is 430 g/mol. The first-order chi connectivity index (χ1) is 16.4. The summed E-state index contributed by atoms with van der Waals surface area (Å²) >= 11 is 0. The lowest BCUT2D eigenvalue weighted by molar-refractivity contribution is 0.0643. The summed E-state index contributed by atoms with van der Waals surface area (Å²) in [7, 11) is 0. The van der Waals surface area contributed by atoms with Crippen LogP contribution in [0.3, 0.4) is 0 Å². The second-order valence-electron chi connectivity index (χ2n) is 8.07. The van der Waals surface area contributed by atoms with E-state index in [1.54, 1.807) is 0 Å². The quantitative estimate of drug-likeness (QED) is 0.323. The van der Waals surface area contributed by atoms with Gasteiger partial charge in [-0.15, -0.1) is 0 Å². The van der Waals surface area contributed by atoms with Crippen molar-refractivity contribution in [3.8, 4) is 16.9 Å². The van der Waals surface area contributed by atoms with Crippen molar-refractivity contribution in [3.63, 3.8) is 0 Å². The molecule has 0 aliphatic carbocycles. The number of fused-ring (bicyclic) bond motifs is 1. The zero-order valence-corrected chi connectivity index (χ0v) is 18.1. The number of aromatic nitrogens is 2. The third-order valence-corrected chi connectivity index (χ3v) is 6.02. The van der Waals surface area contributed by atoms with Crippen molar-refractivity contribution in [2.75, 3.05) is 5.06 Å². The molecule has 2 heterocycles. The Labute approximate surface area is 193 Å². The number of benzene rings is 4. The van der Waals surface area contributed by atoms with E-state index in [1.807, 2.05) is 53.6 Å². The minimum atomic E-state index is -0.134. The first kappa shape index (κ1) is 19.5. The first-order valence-electron chi connectivity index (χ1n) is 11.1. The Kier molecular flexibility index (Phi) is 4.98. The number of hydrogen-bond donors (Lipinski definition) is 0. The van der Waals surface area contributed by atoms with Gasteiger partial charge in [-0.3, -0.25) is 4.84 Å². The largest absolute Gasteiger partial charge is 0.266 e. The molecule has 0 saturated carbocycles. The van der Waals surface area contributed by atoms with Crippen molar-refractivity contribution in [1.82, 2.24) is 9.78 Å². The van der Waals surface area contributed by atoms with Gasteiger partial charge in [-0.2, -0.15) is 5.10 Å². The third kappa shape index (κ3) is 3.51. The Balaban J connectivity index is 1.64. The number of nitrogens with zero attached hydrogens (tertiary/aromatic N) is 3. The molecule has 1 aliphatic heterocycles. The first-order valence-corrected chi connectivity index (χ1v) is 11.1. The van der Waals surface area contributed by atoms with Gasteiger partial charge in [0.1, 0.15) is 12.6 Å². The molecule has 4 heteroatoms. The molecule has 0 N–H and O–H groups in total. The van der Waals surface area contributed by atoms with Crippen molar-refractivity contribution < 1.29 is 4.84 Å². The Morgan fingerprint density at radius 2 is 1.18 bits per heavy atom. The number of rotatable bonds is 4. The Morgan fingerprint density at radius 1 is 0.636 bits per heavy atom. The molecule has 4 nitrogen and oxygen atoms in total. The van der Waals surface area contributed by atoms with Crippen molar-refractivity contribution >= 4 is 5.69 Å². The van der Waals surface area contributed by atoms with Crippen LogP contribution >= 0.6 is 0 Å². The highest BCUT2D eigenvalue weighted by Crippen LogP contribution is 2.44. The number of anilines is 1. The summed E-state index contributed by atoms with van der Waals surface area (Å²) < 4.78 is 2.06. The summed E-state index contributed by atoms with van der Waals surface area (Å²) in [5.41, 5.74) is 7.56. The second-order valence-corrected chi connectivity index (χ2v) is 8.07. The van der Waals surface area contributed by atoms with Crippen molar-refractivity contribution in [3.05, 3.63) is 138 Å². The van der Waals surface area contributed by atoms with Crippen molar-refractivity contribution in [2.45, 2.75) is 12.6 Å². The van der Waals surface area contributed by atoms with Gasteiger partial charge in [0.15, 0.2) is 0 Å². The monoisotopic (exact) mass is 429 g/mol. The highest BCUT2D eigenvalue weighted by Gasteiger charge is 2.36. The lowest BCUT2D eigenvalue weighted by atomic mass is 9.92. The van der Waals surface area contributed by atoms with Crippen LogP contribution in [0, 0.1) is 0 Å². The molecule has 0 bridgehead atoms. The van der Waals surface area contributed by atoms with E-state index >= 15 is 0 Å². The molecule has 0 fully saturated rings. The average Bonchev–Trinajstić information content (AvgIpc) is 3.30. The fourth-order valence-corrected chi connectivity index (χ4v) is 4.56. The molecular formula is C29H23N3O. The highest BCUT2D eigenvalue weighted by atomic mass is 16.7. The molecule has 33 heavy (non-hydrogen) atoms. The maximum Gasteiger partial charge on any atom is 0.119 e. The van der Waals surface area contributed by atoms with Crippen LogP contribution in [0.15, 0.2) is 121 Å². The summed E-state index contributed by atoms with van der Waals surface area (Å²) in [6.45, 7) is 0.410. The van der Waals surface area contributed by atoms with Gasteiger partial charge in [0, 0.05) is 11.1 Å². The van der Waals surface area contributed by atoms with Gasteiger partial charge < -0.3 is 0 Å². The van der Waals surface area contributed by atoms with E-state index in [0.29, 0.717) is 6.61 Å². The summed E-state index contributed by atoms with van der Waals surface area (Å²) in [6, 6.07) is 41.5. The molecule has 1 atom stereocenters. The predicted octanol–water partition coefficient (Wildman–Crippen LogP) is 6.58. The number of para-hydroxylation sites is 2. The Hall–Kier alpha value is -4.15. The van der Waals surface area contributed by atoms with Crippen LogP contribution in [-0.2, 0) is 11.4 Å². The van der Waals surface area contributed by atoms with E-state index in [-0.39, 0.29) is 6.04 Å². The third-order valence-electron chi connectivity index (χ3n) is 6.02. The number of hydroxylamine groups is 1. The van der Waals surface area contributed by atoms with Gasteiger partial charge in [-0.05, 0) is 29.8 Å². The molecule has 0 spiro atoms. The SMILES string of the molecule is c1ccc(-c2c3c(nn2-c2ccccc2)CON(c2ccccc2)[C@H]3c2ccccc2)cc1. The van der Waals surface area contributed by atoms with E-state index in [4.69, 9.17) is 9.94 Å². The lowest BCUT2D eigenvalue weighted by Gasteiger charge is -2.36. The molecule has 6 rings (SSSR count). The van der Waals surface area contributed by atoms with Crippen molar-refractivity contribution in [2.24, 2.45) is 0 Å². The van der Waals surface area contributed by atoms with E-state index in [0.717, 1.165) is 33.9 Å². The van der Waals surface area contributed by atoms with Gasteiger partial charge in [0.25, 0.3) is 0 Å². The van der Waals surface area contributed by atoms with Gasteiger partial charge in [0.2, 0.25) is 0 Å². The Morgan fingerprint density at radius 3 is 1.82 bits per heavy atom. The van der Waals surface area contributed by atoms with E-state index in [1.165, 1.54) is 5.56 Å². The Bertz CT molecular complexity index is 1350. The fourth-order valence-electron chi connectivity index (χ4n) is 4.56. The molecule has 1 aromatic heterocycles. The minimum absolute atomic E-state index is 0.134. The van der Waals surface area contributed by atoms with E-state index in [2.05, 4.69) is 77.5 Å². The van der Waals surface area contributed by atoms with Gasteiger partial charge in [-0.1, -0.05) is 97.1 Å². The molecule has 5 aromatic rings. The van der Waals surface area contributed by atoms with E-state index in [9.17, 15) is 0 Å². The zero-order chi connectivity index (χ0) is 22.0. The molecule has 160 valence electrons. The van der Waals surface area contributed by atoms with Crippen LogP contribution in [0.2, 0.25) is 0 Å². The molecule has 0 amide bonds. The predicted molar refractivity (Wildman–Crippen MR) is 131 cm³/mol. The van der Waals surface area contributed by atoms with Crippen LogP contribution in [-0.4, -0.2) is 9.78 Å². The molecule has 0 unspecified atom stereocenters. The van der Waals surface area contributed by atoms with Gasteiger partial charge in [-0.25, -0.2) is 9.75 Å². The van der Waals surface area contributed by atoms with Crippen LogP contribution in [0.25, 0.3) is 16.9 Å². The highest BCUT2D eigenvalue weighted by molar-refractivity contribution is 5.70. The topological polar surface area (TPSA) is 30.3 Å². The lowest BCUT2D eigenvalue weighted by Crippen LogP contribution is -2.34. The summed E-state index contributed by atoms with van der Waals surface area (Å²) in [4.78, 5) is 6.36. The van der Waals surface area contributed by atoms with Crippen LogP contribution in [0.5, 0.6) is 0 Å². The van der Waals surface area contributed by atoms with Crippen LogP contribution < -0.4 is 5.06 Å². The summed E-state index contributed by atoms with van der Waals surface area (Å²) in [5.74, 6) is 0. The van der Waals surface area contributed by atoms with Crippen molar-refractivity contribution in [1.29, 1.82) is 0 Å². The van der Waals surface area contributed by atoms with Gasteiger partial charge in [0.05, 0.1) is 22.8 Å². The standard InChI is InChI=1S/C29H23N3O/c1-5-13-22(14-6-1)28-27-26(30-31(28)24-17-9-3-10-18-24)21-33-32(25-19-11-4-12-20-25)29(27)23-15-7-2-8-16-23/h1-20,29H,21H2/t29-/m0/s1. The normalized spacial score (nSPS) is 15.3. The molecule has 4 aromatic carbocycles. The van der Waals surface area contributed by atoms with Crippen LogP contribution in [0.1, 0.15) is 22.9 Å². The molecular weight excluding hydrogens is 406 g/mol. The fraction of sp³-hybridized carbons (Fsp3) is 0.0690. The smallest absolute Gasteiger partial charge is 0.119 e. The zero-order valence-electron chi connectivity index (χ0n) is 18.1. The van der Waals surface area contributed by atoms with E-state index < -0.39 is 0 Å². The molecule has 0 radical (unpaired) electrons. The minimum Gasteiger partial charge on any atom is -0.266 e. The maximum atomic E-state index is 6.36. The summed E-state index contributed by atoms with van der Waals surface area (Å²) in [6.07, 6.45) is 0. The summed E-state index contributed by atoms with van der Waals surface area (Å²) in [5, 5.41) is 7.10. The van der Waals surface area contributed by atoms with Crippen LogP contribution in [0.4, 0.5) is 5.69 Å². The number of hydrogen-bond acceptors (Lipinski definition) is 3. The van der Waals surface area contributed by atoms with Gasteiger partial charge >= 0.3 is 0 Å². The molecule has 0 saturated heterocycles.